The zero-order chi connectivity index (χ0) is 15.4. The summed E-state index contributed by atoms with van der Waals surface area (Å²) in [5, 5.41) is 0. The SMILES string of the molecule is CCOP(=O)(OCC)C(F)(F)c1ccc(CC)cc1Br. The van der Waals surface area contributed by atoms with Crippen molar-refractivity contribution in [3.05, 3.63) is 33.8 Å². The van der Waals surface area contributed by atoms with Gasteiger partial charge in [0.15, 0.2) is 0 Å². The van der Waals surface area contributed by atoms with Gasteiger partial charge in [0.2, 0.25) is 0 Å². The largest absolute Gasteiger partial charge is 0.404 e. The molecule has 0 spiro atoms. The van der Waals surface area contributed by atoms with Gasteiger partial charge in [0.25, 0.3) is 0 Å². The molecule has 114 valence electrons. The number of halogens is 3. The Morgan fingerprint density at radius 1 is 1.20 bits per heavy atom. The van der Waals surface area contributed by atoms with E-state index in [2.05, 4.69) is 15.9 Å². The van der Waals surface area contributed by atoms with E-state index >= 15 is 0 Å². The molecule has 0 aromatic heterocycles. The quantitative estimate of drug-likeness (QED) is 0.608. The first-order chi connectivity index (χ1) is 9.32. The number of aryl methyl sites for hydroxylation is 1. The second-order valence-electron chi connectivity index (χ2n) is 4.04. The van der Waals surface area contributed by atoms with E-state index in [-0.39, 0.29) is 23.2 Å². The van der Waals surface area contributed by atoms with Gasteiger partial charge in [0.05, 0.1) is 13.2 Å². The van der Waals surface area contributed by atoms with Crippen LogP contribution in [0.2, 0.25) is 0 Å². The Morgan fingerprint density at radius 3 is 2.15 bits per heavy atom. The van der Waals surface area contributed by atoms with E-state index in [1.54, 1.807) is 12.1 Å². The third-order valence-electron chi connectivity index (χ3n) is 2.71. The topological polar surface area (TPSA) is 35.5 Å². The standard InChI is InChI=1S/C13H18BrF2O3P/c1-4-10-7-8-11(12(14)9-10)13(15,16)20(17,18-5-2)19-6-3/h7-9H,4-6H2,1-3H3. The average molecular weight is 371 g/mol. The van der Waals surface area contributed by atoms with Crippen molar-refractivity contribution in [1.29, 1.82) is 0 Å². The van der Waals surface area contributed by atoms with Crippen molar-refractivity contribution in [3.63, 3.8) is 0 Å². The lowest BCUT2D eigenvalue weighted by Gasteiger charge is -2.26. The van der Waals surface area contributed by atoms with E-state index in [1.807, 2.05) is 6.92 Å². The number of hydrogen-bond acceptors (Lipinski definition) is 3. The van der Waals surface area contributed by atoms with Gasteiger partial charge in [0.1, 0.15) is 0 Å². The van der Waals surface area contributed by atoms with Crippen LogP contribution >= 0.6 is 23.5 Å². The highest BCUT2D eigenvalue weighted by Crippen LogP contribution is 2.67. The van der Waals surface area contributed by atoms with Crippen molar-refractivity contribution in [3.8, 4) is 0 Å². The summed E-state index contributed by atoms with van der Waals surface area (Å²) in [6.45, 7) is 4.69. The van der Waals surface area contributed by atoms with Crippen LogP contribution < -0.4 is 0 Å². The van der Waals surface area contributed by atoms with Crippen molar-refractivity contribution in [2.24, 2.45) is 0 Å². The first-order valence-electron chi connectivity index (χ1n) is 6.38. The maximum absolute atomic E-state index is 14.5. The van der Waals surface area contributed by atoms with Gasteiger partial charge >= 0.3 is 13.3 Å². The fourth-order valence-corrected chi connectivity index (χ4v) is 4.11. The van der Waals surface area contributed by atoms with Crippen molar-refractivity contribution in [2.75, 3.05) is 13.2 Å². The van der Waals surface area contributed by atoms with E-state index < -0.39 is 13.3 Å². The van der Waals surface area contributed by atoms with Crippen LogP contribution in [0.3, 0.4) is 0 Å². The summed E-state index contributed by atoms with van der Waals surface area (Å²) in [5.41, 5.74) is -3.19. The normalized spacial score (nSPS) is 12.7. The number of alkyl halides is 2. The van der Waals surface area contributed by atoms with Crippen LogP contribution in [-0.4, -0.2) is 13.2 Å². The summed E-state index contributed by atoms with van der Waals surface area (Å²) in [6, 6.07) is 4.43. The van der Waals surface area contributed by atoms with Gasteiger partial charge in [-0.2, -0.15) is 8.78 Å². The molecule has 0 amide bonds. The molecule has 3 nitrogen and oxygen atoms in total. The van der Waals surface area contributed by atoms with Gasteiger partial charge < -0.3 is 9.05 Å². The number of hydrogen-bond donors (Lipinski definition) is 0. The van der Waals surface area contributed by atoms with Crippen LogP contribution in [0, 0.1) is 0 Å². The van der Waals surface area contributed by atoms with Gasteiger partial charge in [-0.25, -0.2) is 0 Å². The maximum Gasteiger partial charge on any atom is 0.404 e. The predicted molar refractivity (Wildman–Crippen MR) is 78.3 cm³/mol. The average Bonchev–Trinajstić information content (AvgIpc) is 2.38. The maximum atomic E-state index is 14.5. The van der Waals surface area contributed by atoms with Gasteiger partial charge in [-0.15, -0.1) is 0 Å². The molecule has 0 saturated carbocycles. The summed E-state index contributed by atoms with van der Waals surface area (Å²) in [7, 11) is -4.56. The predicted octanol–water partition coefficient (Wildman–Crippen LogP) is 5.33. The van der Waals surface area contributed by atoms with E-state index in [0.29, 0.717) is 0 Å². The van der Waals surface area contributed by atoms with Crippen molar-refractivity contribution < 1.29 is 22.4 Å². The molecule has 20 heavy (non-hydrogen) atoms. The molecule has 1 aromatic rings. The Morgan fingerprint density at radius 2 is 1.75 bits per heavy atom. The fraction of sp³-hybridized carbons (Fsp3) is 0.538. The second kappa shape index (κ2) is 7.12. The van der Waals surface area contributed by atoms with Crippen molar-refractivity contribution >= 4 is 23.5 Å². The van der Waals surface area contributed by atoms with Gasteiger partial charge in [-0.1, -0.05) is 35.0 Å². The first kappa shape index (κ1) is 17.8. The molecule has 7 heteroatoms. The summed E-state index contributed by atoms with van der Waals surface area (Å²) in [5.74, 6) is 0. The van der Waals surface area contributed by atoms with Crippen molar-refractivity contribution in [2.45, 2.75) is 32.9 Å². The van der Waals surface area contributed by atoms with E-state index in [1.165, 1.54) is 19.9 Å². The van der Waals surface area contributed by atoms with Crippen LogP contribution in [0.1, 0.15) is 31.9 Å². The van der Waals surface area contributed by atoms with Crippen LogP contribution in [0.25, 0.3) is 0 Å². The fourth-order valence-electron chi connectivity index (χ4n) is 1.71. The monoisotopic (exact) mass is 370 g/mol. The second-order valence-corrected chi connectivity index (χ2v) is 6.97. The van der Waals surface area contributed by atoms with Gasteiger partial charge in [-0.3, -0.25) is 4.57 Å². The lowest BCUT2D eigenvalue weighted by Crippen LogP contribution is -2.19. The lowest BCUT2D eigenvalue weighted by molar-refractivity contribution is 0.0354. The molecule has 0 unspecified atom stereocenters. The molecular weight excluding hydrogens is 353 g/mol. The van der Waals surface area contributed by atoms with Gasteiger partial charge in [0, 0.05) is 10.0 Å². The molecule has 0 aliphatic heterocycles. The molecule has 0 bridgehead atoms. The van der Waals surface area contributed by atoms with Crippen LogP contribution in [0.4, 0.5) is 8.78 Å². The summed E-state index contributed by atoms with van der Waals surface area (Å²) < 4.78 is 51.1. The van der Waals surface area contributed by atoms with E-state index in [4.69, 9.17) is 9.05 Å². The number of benzene rings is 1. The van der Waals surface area contributed by atoms with Crippen LogP contribution in [0.5, 0.6) is 0 Å². The molecule has 0 fully saturated rings. The molecule has 0 heterocycles. The first-order valence-corrected chi connectivity index (χ1v) is 8.71. The summed E-state index contributed by atoms with van der Waals surface area (Å²) in [6.07, 6.45) is 0.721. The minimum absolute atomic E-state index is 0.114. The molecule has 0 saturated heterocycles. The Hall–Kier alpha value is -0.290. The lowest BCUT2D eigenvalue weighted by atomic mass is 10.1. The van der Waals surface area contributed by atoms with E-state index in [0.717, 1.165) is 12.0 Å². The molecule has 0 aliphatic carbocycles. The Bertz CT molecular complexity index is 498. The molecule has 0 aliphatic rings. The Balaban J connectivity index is 3.29. The molecule has 0 N–H and O–H groups in total. The smallest absolute Gasteiger partial charge is 0.304 e. The zero-order valence-electron chi connectivity index (χ0n) is 11.7. The molecule has 0 radical (unpaired) electrons. The Labute approximate surface area is 126 Å². The molecule has 0 atom stereocenters. The highest BCUT2D eigenvalue weighted by atomic mass is 79.9. The summed E-state index contributed by atoms with van der Waals surface area (Å²) in [4.78, 5) is 0. The van der Waals surface area contributed by atoms with Gasteiger partial charge in [-0.05, 0) is 31.9 Å². The third kappa shape index (κ3) is 3.48. The molecular formula is C13H18BrF2O3P. The van der Waals surface area contributed by atoms with Crippen LogP contribution in [0.15, 0.2) is 22.7 Å². The third-order valence-corrected chi connectivity index (χ3v) is 5.49. The Kier molecular flexibility index (Phi) is 6.32. The highest BCUT2D eigenvalue weighted by molar-refractivity contribution is 9.10. The number of rotatable bonds is 7. The highest BCUT2D eigenvalue weighted by Gasteiger charge is 2.55. The molecule has 1 aromatic carbocycles. The van der Waals surface area contributed by atoms with Crippen molar-refractivity contribution in [1.82, 2.24) is 0 Å². The minimum Gasteiger partial charge on any atom is -0.304 e. The van der Waals surface area contributed by atoms with E-state index in [9.17, 15) is 13.3 Å². The molecule has 1 rings (SSSR count). The zero-order valence-corrected chi connectivity index (χ0v) is 14.1. The minimum atomic E-state index is -4.56. The summed E-state index contributed by atoms with van der Waals surface area (Å²) >= 11 is 3.11. The van der Waals surface area contributed by atoms with Crippen LogP contribution in [-0.2, 0) is 25.7 Å².